The first-order valence-corrected chi connectivity index (χ1v) is 12.4. The zero-order valence-electron chi connectivity index (χ0n) is 20.7. The number of aromatic amines is 1. The second kappa shape index (κ2) is 9.53. The van der Waals surface area contributed by atoms with Gasteiger partial charge >= 0.3 is 6.03 Å². The number of fused-ring (bicyclic) bond motifs is 2. The van der Waals surface area contributed by atoms with Crippen LogP contribution in [0.3, 0.4) is 0 Å². The van der Waals surface area contributed by atoms with Crippen molar-refractivity contribution in [2.75, 3.05) is 10.6 Å². The van der Waals surface area contributed by atoms with Crippen LogP contribution in [0, 0.1) is 6.92 Å². The number of amides is 2. The molecule has 8 nitrogen and oxygen atoms in total. The molecule has 37 heavy (non-hydrogen) atoms. The monoisotopic (exact) mass is 533 g/mol. The molecule has 0 saturated carbocycles. The Morgan fingerprint density at radius 3 is 2.46 bits per heavy atom. The van der Waals surface area contributed by atoms with Crippen molar-refractivity contribution in [3.63, 3.8) is 0 Å². The number of urea groups is 1. The first-order valence-electron chi connectivity index (χ1n) is 11.6. The van der Waals surface area contributed by atoms with Gasteiger partial charge in [-0.15, -0.1) is 0 Å². The van der Waals surface area contributed by atoms with Crippen LogP contribution in [0.4, 0.5) is 22.2 Å². The van der Waals surface area contributed by atoms with Crippen LogP contribution in [0.5, 0.6) is 0 Å². The van der Waals surface area contributed by atoms with Crippen molar-refractivity contribution in [2.24, 2.45) is 0 Å². The summed E-state index contributed by atoms with van der Waals surface area (Å²) in [5.41, 5.74) is 4.00. The highest BCUT2D eigenvalue weighted by Crippen LogP contribution is 2.39. The zero-order valence-corrected chi connectivity index (χ0v) is 22.2. The number of pyridine rings is 1. The van der Waals surface area contributed by atoms with Gasteiger partial charge in [0.1, 0.15) is 5.82 Å². The van der Waals surface area contributed by atoms with Gasteiger partial charge in [-0.2, -0.15) is 4.98 Å². The summed E-state index contributed by atoms with van der Waals surface area (Å²) in [4.78, 5) is 29.8. The van der Waals surface area contributed by atoms with Crippen LogP contribution < -0.4 is 16.0 Å². The summed E-state index contributed by atoms with van der Waals surface area (Å²) < 4.78 is 0. The highest BCUT2D eigenvalue weighted by atomic mass is 35.5. The minimum atomic E-state index is -0.443. The molecular formula is C27H25Cl2N7O. The number of H-pyrrole nitrogens is 1. The number of halogens is 2. The van der Waals surface area contributed by atoms with Crippen LogP contribution in [-0.4, -0.2) is 31.5 Å². The van der Waals surface area contributed by atoms with Crippen LogP contribution in [-0.2, 0) is 0 Å². The normalized spacial score (nSPS) is 11.6. The highest BCUT2D eigenvalue weighted by molar-refractivity contribution is 6.39. The molecule has 5 rings (SSSR count). The lowest BCUT2D eigenvalue weighted by Crippen LogP contribution is -2.43. The number of carbonyl (C=O) groups excluding carboxylic acids is 1. The predicted octanol–water partition coefficient (Wildman–Crippen LogP) is 7.45. The summed E-state index contributed by atoms with van der Waals surface area (Å²) in [5, 5.41) is 11.6. The minimum absolute atomic E-state index is 0.275. The van der Waals surface area contributed by atoms with Gasteiger partial charge in [0, 0.05) is 45.1 Å². The zero-order chi connectivity index (χ0) is 26.3. The van der Waals surface area contributed by atoms with Gasteiger partial charge in [0.05, 0.1) is 10.0 Å². The van der Waals surface area contributed by atoms with Gasteiger partial charge in [-0.1, -0.05) is 35.3 Å². The van der Waals surface area contributed by atoms with E-state index in [1.165, 1.54) is 0 Å². The van der Waals surface area contributed by atoms with Crippen molar-refractivity contribution < 1.29 is 4.79 Å². The molecule has 0 saturated heterocycles. The number of aromatic nitrogens is 4. The SMILES string of the molecule is Cc1cc2ccc(Nc3ncc4cc(-c5c(Cl)cccc5Cl)c(NC(=O)NC(C)(C)C)nc4n3)cc2[nH]1. The van der Waals surface area contributed by atoms with Gasteiger partial charge in [-0.05, 0) is 69.5 Å². The van der Waals surface area contributed by atoms with E-state index >= 15 is 0 Å². The first kappa shape index (κ1) is 24.8. The van der Waals surface area contributed by atoms with Crippen molar-refractivity contribution in [1.29, 1.82) is 0 Å². The van der Waals surface area contributed by atoms with E-state index in [1.807, 2.05) is 52.0 Å². The Balaban J connectivity index is 1.56. The van der Waals surface area contributed by atoms with Crippen LogP contribution in [0.1, 0.15) is 26.5 Å². The fraction of sp³-hybridized carbons (Fsp3) is 0.185. The summed E-state index contributed by atoms with van der Waals surface area (Å²) in [7, 11) is 0. The third-order valence-corrected chi connectivity index (χ3v) is 6.16. The number of nitrogens with one attached hydrogen (secondary N) is 4. The third-order valence-electron chi connectivity index (χ3n) is 5.53. The lowest BCUT2D eigenvalue weighted by atomic mass is 10.0. The summed E-state index contributed by atoms with van der Waals surface area (Å²) in [5.74, 6) is 0.647. The molecule has 3 heterocycles. The Labute approximate surface area is 223 Å². The van der Waals surface area contributed by atoms with Gasteiger partial charge in [0.25, 0.3) is 0 Å². The quantitative estimate of drug-likeness (QED) is 0.192. The Kier molecular flexibility index (Phi) is 6.39. The van der Waals surface area contributed by atoms with Crippen LogP contribution >= 0.6 is 23.2 Å². The number of carbonyl (C=O) groups is 1. The molecule has 5 aromatic rings. The number of hydrogen-bond donors (Lipinski definition) is 4. The molecule has 4 N–H and O–H groups in total. The Morgan fingerprint density at radius 2 is 1.73 bits per heavy atom. The average Bonchev–Trinajstić information content (AvgIpc) is 3.17. The van der Waals surface area contributed by atoms with E-state index in [-0.39, 0.29) is 5.82 Å². The second-order valence-corrected chi connectivity index (χ2v) is 10.6. The van der Waals surface area contributed by atoms with E-state index in [0.717, 1.165) is 22.3 Å². The van der Waals surface area contributed by atoms with Crippen molar-refractivity contribution in [2.45, 2.75) is 33.2 Å². The molecular weight excluding hydrogens is 509 g/mol. The number of nitrogens with zero attached hydrogens (tertiary/aromatic N) is 3. The molecule has 0 atom stereocenters. The van der Waals surface area contributed by atoms with Gasteiger partial charge in [0.2, 0.25) is 5.95 Å². The fourth-order valence-corrected chi connectivity index (χ4v) is 4.62. The number of benzene rings is 2. The van der Waals surface area contributed by atoms with E-state index in [1.54, 1.807) is 24.4 Å². The van der Waals surface area contributed by atoms with E-state index in [0.29, 0.717) is 38.2 Å². The summed E-state index contributed by atoms with van der Waals surface area (Å²) in [6.07, 6.45) is 1.67. The van der Waals surface area contributed by atoms with E-state index in [2.05, 4.69) is 42.0 Å². The largest absolute Gasteiger partial charge is 0.359 e. The van der Waals surface area contributed by atoms with Gasteiger partial charge in [-0.3, -0.25) is 5.32 Å². The first-order chi connectivity index (χ1) is 17.6. The molecule has 0 spiro atoms. The Hall–Kier alpha value is -3.88. The van der Waals surface area contributed by atoms with Crippen LogP contribution in [0.25, 0.3) is 33.1 Å². The lowest BCUT2D eigenvalue weighted by Gasteiger charge is -2.21. The average molecular weight is 534 g/mol. The smallest absolute Gasteiger partial charge is 0.320 e. The molecule has 0 aliphatic rings. The highest BCUT2D eigenvalue weighted by Gasteiger charge is 2.20. The van der Waals surface area contributed by atoms with Crippen LogP contribution in [0.15, 0.2) is 54.7 Å². The van der Waals surface area contributed by atoms with Gasteiger partial charge < -0.3 is 15.6 Å². The number of anilines is 3. The standard InChI is InChI=1S/C27H25Cl2N7O/c1-14-10-15-8-9-17(12-21(15)31-14)32-25-30-13-16-11-18(22-19(28)6-5-7-20(22)29)24(33-23(16)34-25)35-26(37)36-27(2,3)4/h5-13,31H,1-4H3,(H3,30,32,33,34,35,36,37). The molecule has 3 aromatic heterocycles. The minimum Gasteiger partial charge on any atom is -0.359 e. The summed E-state index contributed by atoms with van der Waals surface area (Å²) in [6.45, 7) is 7.69. The maximum absolute atomic E-state index is 12.8. The van der Waals surface area contributed by atoms with Gasteiger partial charge in [0.15, 0.2) is 5.65 Å². The fourth-order valence-electron chi connectivity index (χ4n) is 4.02. The molecule has 0 radical (unpaired) electrons. The summed E-state index contributed by atoms with van der Waals surface area (Å²) in [6, 6.07) is 14.7. The molecule has 0 unspecified atom stereocenters. The topological polar surface area (TPSA) is 108 Å². The molecule has 0 aliphatic heterocycles. The predicted molar refractivity (Wildman–Crippen MR) is 151 cm³/mol. The summed E-state index contributed by atoms with van der Waals surface area (Å²) >= 11 is 13.0. The molecule has 10 heteroatoms. The Bertz CT molecular complexity index is 1640. The van der Waals surface area contributed by atoms with Gasteiger partial charge in [-0.25, -0.2) is 14.8 Å². The maximum Gasteiger partial charge on any atom is 0.320 e. The third kappa shape index (κ3) is 5.45. The number of hydrogen-bond acceptors (Lipinski definition) is 5. The lowest BCUT2D eigenvalue weighted by molar-refractivity contribution is 0.243. The molecule has 0 aliphatic carbocycles. The van der Waals surface area contributed by atoms with Crippen molar-refractivity contribution in [3.05, 3.63) is 70.5 Å². The molecule has 188 valence electrons. The number of rotatable bonds is 4. The van der Waals surface area contributed by atoms with Crippen molar-refractivity contribution >= 4 is 68.6 Å². The molecule has 0 bridgehead atoms. The molecule has 2 amide bonds. The van der Waals surface area contributed by atoms with E-state index in [4.69, 9.17) is 23.2 Å². The van der Waals surface area contributed by atoms with E-state index in [9.17, 15) is 4.79 Å². The van der Waals surface area contributed by atoms with Crippen molar-refractivity contribution in [3.8, 4) is 11.1 Å². The molecule has 2 aromatic carbocycles. The molecule has 0 fully saturated rings. The van der Waals surface area contributed by atoms with Crippen LogP contribution in [0.2, 0.25) is 10.0 Å². The Morgan fingerprint density at radius 1 is 0.973 bits per heavy atom. The number of aryl methyl sites for hydroxylation is 1. The van der Waals surface area contributed by atoms with Crippen molar-refractivity contribution in [1.82, 2.24) is 25.3 Å². The van der Waals surface area contributed by atoms with E-state index < -0.39 is 11.6 Å². The second-order valence-electron chi connectivity index (χ2n) is 9.80. The maximum atomic E-state index is 12.8.